The first kappa shape index (κ1) is 12.4. The van der Waals surface area contributed by atoms with Crippen molar-refractivity contribution in [3.8, 4) is 0 Å². The Morgan fingerprint density at radius 3 is 2.88 bits per heavy atom. The highest BCUT2D eigenvalue weighted by Gasteiger charge is 2.42. The summed E-state index contributed by atoms with van der Waals surface area (Å²) in [4.78, 5) is 13.4. The zero-order chi connectivity index (χ0) is 12.6. The molecule has 1 aromatic heterocycles. The number of H-pyrrole nitrogens is 1. The first-order valence-corrected chi connectivity index (χ1v) is 5.47. The third kappa shape index (κ3) is 2.17. The van der Waals surface area contributed by atoms with Crippen molar-refractivity contribution in [2.24, 2.45) is 5.73 Å². The number of aliphatic hydroxyl groups excluding tert-OH is 2. The number of aliphatic hydroxyl groups is 2. The molecule has 1 saturated heterocycles. The van der Waals surface area contributed by atoms with Gasteiger partial charge in [0.15, 0.2) is 11.0 Å². The normalized spacial score (nSPS) is 32.9. The second-order valence-corrected chi connectivity index (χ2v) is 4.22. The molecule has 17 heavy (non-hydrogen) atoms. The first-order valence-electron chi connectivity index (χ1n) is 5.06. The van der Waals surface area contributed by atoms with Gasteiger partial charge in [0, 0.05) is 12.3 Å². The lowest BCUT2D eigenvalue weighted by Crippen LogP contribution is -2.41. The van der Waals surface area contributed by atoms with Crippen LogP contribution in [0.25, 0.3) is 0 Å². The Balaban J connectivity index is 2.35. The molecule has 0 saturated carbocycles. The number of hydrogen-bond donors (Lipinski definition) is 4. The first-order chi connectivity index (χ1) is 8.04. The lowest BCUT2D eigenvalue weighted by atomic mass is 10.1. The molecule has 4 atom stereocenters. The van der Waals surface area contributed by atoms with Gasteiger partial charge in [0.25, 0.3) is 5.56 Å². The van der Waals surface area contributed by atoms with E-state index in [1.165, 1.54) is 16.8 Å². The third-order valence-electron chi connectivity index (χ3n) is 2.74. The summed E-state index contributed by atoms with van der Waals surface area (Å²) < 4.78 is 6.92. The molecule has 2 heterocycles. The van der Waals surface area contributed by atoms with Crippen molar-refractivity contribution < 1.29 is 14.9 Å². The molecule has 2 rings (SSSR count). The maximum Gasteiger partial charge on any atom is 0.251 e. The van der Waals surface area contributed by atoms with E-state index < -0.39 is 24.5 Å². The van der Waals surface area contributed by atoms with E-state index in [2.05, 4.69) is 4.98 Å². The van der Waals surface area contributed by atoms with Gasteiger partial charge >= 0.3 is 0 Å². The third-order valence-corrected chi connectivity index (χ3v) is 3.05. The van der Waals surface area contributed by atoms with Gasteiger partial charge in [-0.1, -0.05) is 0 Å². The van der Waals surface area contributed by atoms with Crippen molar-refractivity contribution in [2.75, 3.05) is 6.61 Å². The monoisotopic (exact) mass is 259 g/mol. The van der Waals surface area contributed by atoms with E-state index in [4.69, 9.17) is 27.8 Å². The number of aromatic nitrogens is 2. The molecule has 0 spiro atoms. The molecule has 94 valence electrons. The SMILES string of the molecule is N[C@H]1[C@@H](O)[C@H](n2ccc(=O)[nH]c2=S)O[C@@H]1CO. The van der Waals surface area contributed by atoms with Crippen LogP contribution in [0.4, 0.5) is 0 Å². The zero-order valence-corrected chi connectivity index (χ0v) is 9.63. The van der Waals surface area contributed by atoms with Crippen LogP contribution in [0.2, 0.25) is 0 Å². The van der Waals surface area contributed by atoms with E-state index in [1.54, 1.807) is 0 Å². The van der Waals surface area contributed by atoms with Crippen LogP contribution >= 0.6 is 12.2 Å². The summed E-state index contributed by atoms with van der Waals surface area (Å²) in [6.07, 6.45) is -1.03. The quantitative estimate of drug-likeness (QED) is 0.480. The highest BCUT2D eigenvalue weighted by molar-refractivity contribution is 7.71. The highest BCUT2D eigenvalue weighted by atomic mass is 32.1. The van der Waals surface area contributed by atoms with Gasteiger partial charge < -0.3 is 20.7 Å². The molecule has 0 bridgehead atoms. The molecule has 8 heteroatoms. The molecule has 1 aliphatic heterocycles. The Morgan fingerprint density at radius 1 is 1.65 bits per heavy atom. The summed E-state index contributed by atoms with van der Waals surface area (Å²) in [6, 6.07) is 0.572. The van der Waals surface area contributed by atoms with E-state index >= 15 is 0 Å². The Hall–Kier alpha value is -1.06. The lowest BCUT2D eigenvalue weighted by Gasteiger charge is -2.18. The standard InChI is InChI=1S/C9H13N3O4S/c10-6-4(3-13)16-8(7(6)15)12-2-1-5(14)11-9(12)17/h1-2,4,6-8,13,15H,3,10H2,(H,11,14,17)/t4-,6-,7-,8-/m1/s1. The van der Waals surface area contributed by atoms with Crippen LogP contribution in [-0.4, -0.2) is 44.6 Å². The molecule has 0 aliphatic carbocycles. The number of hydrogen-bond acceptors (Lipinski definition) is 6. The van der Waals surface area contributed by atoms with Crippen molar-refractivity contribution >= 4 is 12.2 Å². The van der Waals surface area contributed by atoms with E-state index in [1.807, 2.05) is 0 Å². The van der Waals surface area contributed by atoms with Crippen molar-refractivity contribution in [1.82, 2.24) is 9.55 Å². The summed E-state index contributed by atoms with van der Waals surface area (Å²) in [5.41, 5.74) is 5.35. The van der Waals surface area contributed by atoms with Crippen LogP contribution in [0.1, 0.15) is 6.23 Å². The summed E-state index contributed by atoms with van der Waals surface area (Å²) in [7, 11) is 0. The molecule has 5 N–H and O–H groups in total. The van der Waals surface area contributed by atoms with Crippen LogP contribution in [-0.2, 0) is 4.74 Å². The Labute approximate surface area is 101 Å². The van der Waals surface area contributed by atoms with E-state index in [0.717, 1.165) is 0 Å². The second kappa shape index (κ2) is 4.67. The Bertz CT molecular complexity index is 513. The van der Waals surface area contributed by atoms with Crippen molar-refractivity contribution in [1.29, 1.82) is 0 Å². The van der Waals surface area contributed by atoms with Gasteiger partial charge in [-0.05, 0) is 12.2 Å². The average Bonchev–Trinajstić information content (AvgIpc) is 2.57. The molecule has 1 aromatic rings. The summed E-state index contributed by atoms with van der Waals surface area (Å²) in [5, 5.41) is 18.9. The molecule has 0 radical (unpaired) electrons. The largest absolute Gasteiger partial charge is 0.394 e. The molecule has 1 fully saturated rings. The number of rotatable bonds is 2. The van der Waals surface area contributed by atoms with Gasteiger partial charge in [-0.2, -0.15) is 0 Å². The fraction of sp³-hybridized carbons (Fsp3) is 0.556. The summed E-state index contributed by atoms with van der Waals surface area (Å²) in [5.74, 6) is 0. The van der Waals surface area contributed by atoms with Crippen LogP contribution in [0, 0.1) is 4.77 Å². The van der Waals surface area contributed by atoms with Crippen LogP contribution in [0.5, 0.6) is 0 Å². The number of ether oxygens (including phenoxy) is 1. The smallest absolute Gasteiger partial charge is 0.251 e. The molecule has 0 unspecified atom stereocenters. The van der Waals surface area contributed by atoms with Gasteiger partial charge in [0.2, 0.25) is 0 Å². The van der Waals surface area contributed by atoms with Crippen molar-refractivity contribution in [3.63, 3.8) is 0 Å². The minimum atomic E-state index is -0.996. The molecular weight excluding hydrogens is 246 g/mol. The number of aromatic amines is 1. The van der Waals surface area contributed by atoms with Gasteiger partial charge in [-0.15, -0.1) is 0 Å². The van der Waals surface area contributed by atoms with Crippen LogP contribution in [0.15, 0.2) is 17.1 Å². The molecule has 7 nitrogen and oxygen atoms in total. The summed E-state index contributed by atoms with van der Waals surface area (Å²) >= 11 is 4.96. The van der Waals surface area contributed by atoms with Crippen molar-refractivity contribution in [2.45, 2.75) is 24.5 Å². The minimum absolute atomic E-state index is 0.132. The number of nitrogens with zero attached hydrogens (tertiary/aromatic N) is 1. The minimum Gasteiger partial charge on any atom is -0.394 e. The van der Waals surface area contributed by atoms with E-state index in [9.17, 15) is 9.90 Å². The summed E-state index contributed by atoms with van der Waals surface area (Å²) in [6.45, 7) is -0.286. The molecule has 0 amide bonds. The fourth-order valence-electron chi connectivity index (χ4n) is 1.78. The van der Waals surface area contributed by atoms with E-state index in [-0.39, 0.29) is 16.9 Å². The van der Waals surface area contributed by atoms with Crippen LogP contribution in [0.3, 0.4) is 0 Å². The molecule has 1 aliphatic rings. The number of nitrogens with two attached hydrogens (primary N) is 1. The fourth-order valence-corrected chi connectivity index (χ4v) is 2.05. The number of nitrogens with one attached hydrogen (secondary N) is 1. The van der Waals surface area contributed by atoms with Gasteiger partial charge in [0.1, 0.15) is 12.2 Å². The van der Waals surface area contributed by atoms with Crippen molar-refractivity contribution in [3.05, 3.63) is 27.4 Å². The predicted octanol–water partition coefficient (Wildman–Crippen LogP) is -1.52. The predicted molar refractivity (Wildman–Crippen MR) is 60.9 cm³/mol. The Kier molecular flexibility index (Phi) is 3.40. The topological polar surface area (TPSA) is 114 Å². The maximum atomic E-state index is 11.0. The second-order valence-electron chi connectivity index (χ2n) is 3.83. The highest BCUT2D eigenvalue weighted by Crippen LogP contribution is 2.27. The lowest BCUT2D eigenvalue weighted by molar-refractivity contribution is -0.0522. The van der Waals surface area contributed by atoms with E-state index in [0.29, 0.717) is 0 Å². The molecular formula is C9H13N3O4S. The Morgan fingerprint density at radius 2 is 2.35 bits per heavy atom. The van der Waals surface area contributed by atoms with Crippen LogP contribution < -0.4 is 11.3 Å². The average molecular weight is 259 g/mol. The molecule has 0 aromatic carbocycles. The maximum absolute atomic E-state index is 11.0. The van der Waals surface area contributed by atoms with Gasteiger partial charge in [-0.3, -0.25) is 14.3 Å². The van der Waals surface area contributed by atoms with Gasteiger partial charge in [-0.25, -0.2) is 0 Å². The zero-order valence-electron chi connectivity index (χ0n) is 8.81. The van der Waals surface area contributed by atoms with Gasteiger partial charge in [0.05, 0.1) is 12.6 Å².